The maximum atomic E-state index is 12.3. The van der Waals surface area contributed by atoms with Crippen molar-refractivity contribution >= 4 is 29.1 Å². The Labute approximate surface area is 160 Å². The summed E-state index contributed by atoms with van der Waals surface area (Å²) in [5.74, 6) is -0.277. The molecule has 0 aliphatic rings. The third kappa shape index (κ3) is 3.25. The average molecular weight is 391 g/mol. The van der Waals surface area contributed by atoms with Gasteiger partial charge in [-0.1, -0.05) is 23.2 Å². The topological polar surface area (TPSA) is 68.9 Å². The van der Waals surface area contributed by atoms with Gasteiger partial charge in [-0.3, -0.25) is 14.2 Å². The van der Waals surface area contributed by atoms with Gasteiger partial charge in [0.2, 0.25) is 0 Å². The molecule has 0 aliphatic carbocycles. The van der Waals surface area contributed by atoms with E-state index in [4.69, 9.17) is 23.2 Å². The highest BCUT2D eigenvalue weighted by Crippen LogP contribution is 2.21. The first-order valence-electron chi connectivity index (χ1n) is 7.94. The zero-order chi connectivity index (χ0) is 18.8. The molecule has 1 amide bonds. The summed E-state index contributed by atoms with van der Waals surface area (Å²) in [4.78, 5) is 24.2. The first-order chi connectivity index (χ1) is 12.4. The summed E-state index contributed by atoms with van der Waals surface area (Å²) >= 11 is 12.3. The third-order valence-electron chi connectivity index (χ3n) is 3.89. The Hall–Kier alpha value is -2.57. The van der Waals surface area contributed by atoms with Crippen LogP contribution in [0.1, 0.15) is 22.8 Å². The maximum Gasteiger partial charge on any atom is 0.274 e. The lowest BCUT2D eigenvalue weighted by molar-refractivity contribution is 0.0956. The van der Waals surface area contributed by atoms with E-state index in [9.17, 15) is 9.59 Å². The largest absolute Gasteiger partial charge is 0.352 e. The molecule has 26 heavy (non-hydrogen) atoms. The number of halogens is 2. The van der Waals surface area contributed by atoms with Crippen molar-refractivity contribution in [3.8, 4) is 11.4 Å². The monoisotopic (exact) mass is 390 g/mol. The van der Waals surface area contributed by atoms with Gasteiger partial charge in [0.1, 0.15) is 10.2 Å². The van der Waals surface area contributed by atoms with Crippen LogP contribution in [0.2, 0.25) is 10.2 Å². The Morgan fingerprint density at radius 2 is 1.81 bits per heavy atom. The van der Waals surface area contributed by atoms with Crippen molar-refractivity contribution in [2.45, 2.75) is 13.8 Å². The predicted octanol–water partition coefficient (Wildman–Crippen LogP) is 3.39. The summed E-state index contributed by atoms with van der Waals surface area (Å²) in [6.45, 7) is 4.11. The van der Waals surface area contributed by atoms with Crippen molar-refractivity contribution in [1.82, 2.24) is 19.7 Å². The molecule has 6 nitrogen and oxygen atoms in total. The molecule has 0 fully saturated rings. The number of aromatic nitrogens is 3. The number of amides is 1. The van der Waals surface area contributed by atoms with Gasteiger partial charge in [0.05, 0.1) is 17.4 Å². The van der Waals surface area contributed by atoms with Crippen LogP contribution < -0.4 is 10.9 Å². The van der Waals surface area contributed by atoms with E-state index >= 15 is 0 Å². The number of nitrogens with one attached hydrogen (secondary N) is 1. The zero-order valence-electron chi connectivity index (χ0n) is 14.2. The van der Waals surface area contributed by atoms with Gasteiger partial charge in [0.15, 0.2) is 0 Å². The fourth-order valence-corrected chi connectivity index (χ4v) is 2.91. The van der Waals surface area contributed by atoms with Crippen LogP contribution in [-0.2, 0) is 0 Å². The highest BCUT2D eigenvalue weighted by Gasteiger charge is 2.16. The van der Waals surface area contributed by atoms with Crippen LogP contribution in [0.5, 0.6) is 0 Å². The number of benzene rings is 1. The first kappa shape index (κ1) is 18.2. The second kappa shape index (κ2) is 7.35. The number of pyridine rings is 1. The fourth-order valence-electron chi connectivity index (χ4n) is 2.48. The van der Waals surface area contributed by atoms with Gasteiger partial charge in [-0.05, 0) is 49.7 Å². The molecular weight excluding hydrogens is 375 g/mol. The molecule has 1 aromatic carbocycles. The van der Waals surface area contributed by atoms with E-state index < -0.39 is 0 Å². The lowest BCUT2D eigenvalue weighted by Crippen LogP contribution is -2.22. The van der Waals surface area contributed by atoms with Crippen molar-refractivity contribution in [2.75, 3.05) is 6.54 Å². The van der Waals surface area contributed by atoms with Gasteiger partial charge >= 0.3 is 0 Å². The van der Waals surface area contributed by atoms with Crippen LogP contribution in [0.25, 0.3) is 11.4 Å². The van der Waals surface area contributed by atoms with Crippen molar-refractivity contribution in [2.24, 2.45) is 0 Å². The molecule has 2 aromatic heterocycles. The standard InChI is InChI=1S/C18H16Cl2N4O2/c1-3-21-17(25)14-10-22-24(16(14)20)13-6-4-12(5-7-13)23-9-8-11(2)15(19)18(23)26/h4-10H,3H2,1-2H3,(H,21,25). The van der Waals surface area contributed by atoms with Crippen LogP contribution in [0, 0.1) is 6.92 Å². The molecule has 0 unspecified atom stereocenters. The van der Waals surface area contributed by atoms with E-state index in [1.54, 1.807) is 43.5 Å². The van der Waals surface area contributed by atoms with Crippen molar-refractivity contribution in [3.63, 3.8) is 0 Å². The van der Waals surface area contributed by atoms with Gasteiger partial charge < -0.3 is 5.32 Å². The molecule has 1 N–H and O–H groups in total. The number of carbonyl (C=O) groups excluding carboxylic acids is 1. The third-order valence-corrected chi connectivity index (χ3v) is 4.71. The minimum Gasteiger partial charge on any atom is -0.352 e. The molecule has 0 radical (unpaired) electrons. The number of aryl methyl sites for hydroxylation is 1. The second-order valence-corrected chi connectivity index (χ2v) is 6.36. The number of hydrogen-bond donors (Lipinski definition) is 1. The van der Waals surface area contributed by atoms with E-state index in [2.05, 4.69) is 10.4 Å². The molecule has 0 saturated carbocycles. The Kier molecular flexibility index (Phi) is 5.15. The summed E-state index contributed by atoms with van der Waals surface area (Å²) in [6, 6.07) is 8.81. The molecule has 0 aliphatic heterocycles. The quantitative estimate of drug-likeness (QED) is 0.741. The lowest BCUT2D eigenvalue weighted by atomic mass is 10.2. The van der Waals surface area contributed by atoms with Gasteiger partial charge in [-0.25, -0.2) is 4.68 Å². The maximum absolute atomic E-state index is 12.3. The highest BCUT2D eigenvalue weighted by molar-refractivity contribution is 6.33. The summed E-state index contributed by atoms with van der Waals surface area (Å²) in [6.07, 6.45) is 3.10. The SMILES string of the molecule is CCNC(=O)c1cnn(-c2ccc(-n3ccc(C)c(Cl)c3=O)cc2)c1Cl. The molecule has 134 valence electrons. The Bertz CT molecular complexity index is 1020. The predicted molar refractivity (Wildman–Crippen MR) is 102 cm³/mol. The number of carbonyl (C=O) groups is 1. The average Bonchev–Trinajstić information content (AvgIpc) is 3.02. The smallest absolute Gasteiger partial charge is 0.274 e. The normalized spacial score (nSPS) is 10.8. The molecule has 8 heteroatoms. The van der Waals surface area contributed by atoms with Crippen molar-refractivity contribution in [3.05, 3.63) is 74.4 Å². The van der Waals surface area contributed by atoms with E-state index in [0.29, 0.717) is 23.5 Å². The first-order valence-corrected chi connectivity index (χ1v) is 8.70. The number of nitrogens with zero attached hydrogens (tertiary/aromatic N) is 3. The zero-order valence-corrected chi connectivity index (χ0v) is 15.7. The van der Waals surface area contributed by atoms with Gasteiger partial charge in [0.25, 0.3) is 11.5 Å². The minimum absolute atomic E-state index is 0.193. The molecule has 0 spiro atoms. The minimum atomic E-state index is -0.282. The van der Waals surface area contributed by atoms with Crippen LogP contribution in [-0.4, -0.2) is 26.8 Å². The molecule has 0 saturated heterocycles. The van der Waals surface area contributed by atoms with E-state index in [1.807, 2.05) is 6.92 Å². The molecule has 3 rings (SSSR count). The van der Waals surface area contributed by atoms with Crippen LogP contribution in [0.3, 0.4) is 0 Å². The molecule has 2 heterocycles. The molecule has 0 bridgehead atoms. The van der Waals surface area contributed by atoms with Crippen LogP contribution in [0.4, 0.5) is 0 Å². The van der Waals surface area contributed by atoms with Crippen LogP contribution >= 0.6 is 23.2 Å². The Balaban J connectivity index is 1.95. The molecular formula is C18H16Cl2N4O2. The lowest BCUT2D eigenvalue weighted by Gasteiger charge is -2.09. The van der Waals surface area contributed by atoms with E-state index in [1.165, 1.54) is 15.4 Å². The molecule has 3 aromatic rings. The van der Waals surface area contributed by atoms with Crippen molar-refractivity contribution in [1.29, 1.82) is 0 Å². The highest BCUT2D eigenvalue weighted by atomic mass is 35.5. The summed E-state index contributed by atoms with van der Waals surface area (Å²) < 4.78 is 2.92. The second-order valence-electron chi connectivity index (χ2n) is 5.62. The fraction of sp³-hybridized carbons (Fsp3) is 0.167. The number of hydrogen-bond acceptors (Lipinski definition) is 3. The van der Waals surface area contributed by atoms with E-state index in [-0.39, 0.29) is 21.6 Å². The van der Waals surface area contributed by atoms with Gasteiger partial charge in [-0.15, -0.1) is 0 Å². The Morgan fingerprint density at radius 3 is 2.46 bits per heavy atom. The van der Waals surface area contributed by atoms with Gasteiger partial charge in [-0.2, -0.15) is 5.10 Å². The summed E-state index contributed by atoms with van der Waals surface area (Å²) in [5.41, 5.74) is 2.08. The van der Waals surface area contributed by atoms with Gasteiger partial charge in [0, 0.05) is 18.4 Å². The number of rotatable bonds is 4. The van der Waals surface area contributed by atoms with Crippen LogP contribution in [0.15, 0.2) is 47.5 Å². The summed E-state index contributed by atoms with van der Waals surface area (Å²) in [7, 11) is 0. The Morgan fingerprint density at radius 1 is 1.15 bits per heavy atom. The van der Waals surface area contributed by atoms with Crippen molar-refractivity contribution < 1.29 is 4.79 Å². The van der Waals surface area contributed by atoms with E-state index in [0.717, 1.165) is 5.56 Å². The summed E-state index contributed by atoms with van der Waals surface area (Å²) in [5, 5.41) is 7.27. The molecule has 0 atom stereocenters.